The van der Waals surface area contributed by atoms with Crippen molar-refractivity contribution in [1.29, 1.82) is 0 Å². The molecule has 0 spiro atoms. The van der Waals surface area contributed by atoms with E-state index >= 15 is 0 Å². The van der Waals surface area contributed by atoms with E-state index in [0.29, 0.717) is 23.7 Å². The molecule has 4 fully saturated rings. The molecule has 1 heterocycles. The number of aliphatic hydroxyl groups is 1. The number of fused-ring (bicyclic) bond motifs is 2. The molecule has 4 rings (SSSR count). The van der Waals surface area contributed by atoms with Crippen LogP contribution >= 0.6 is 0 Å². The molecule has 3 saturated carbocycles. The van der Waals surface area contributed by atoms with Gasteiger partial charge in [-0.25, -0.2) is 0 Å². The second kappa shape index (κ2) is 3.95. The van der Waals surface area contributed by atoms with E-state index in [9.17, 15) is 5.11 Å². The van der Waals surface area contributed by atoms with Gasteiger partial charge in [0.25, 0.3) is 0 Å². The highest BCUT2D eigenvalue weighted by Gasteiger charge is 2.58. The van der Waals surface area contributed by atoms with Gasteiger partial charge in [0.15, 0.2) is 12.6 Å². The van der Waals surface area contributed by atoms with E-state index in [2.05, 4.69) is 0 Å². The van der Waals surface area contributed by atoms with Crippen molar-refractivity contribution in [2.24, 2.45) is 23.7 Å². The first-order valence-corrected chi connectivity index (χ1v) is 6.15. The molecule has 0 aromatic rings. The molecule has 4 nitrogen and oxygen atoms in total. The molecular weight excluding hydrogens is 208 g/mol. The average molecular weight is 228 g/mol. The van der Waals surface area contributed by atoms with Crippen LogP contribution in [0.25, 0.3) is 0 Å². The fourth-order valence-corrected chi connectivity index (χ4v) is 4.13. The summed E-state index contributed by atoms with van der Waals surface area (Å²) in [5.74, 6) is 1.60. The van der Waals surface area contributed by atoms with Crippen molar-refractivity contribution in [1.82, 2.24) is 0 Å². The van der Waals surface area contributed by atoms with Crippen molar-refractivity contribution < 1.29 is 19.3 Å². The standard InChI is InChI=1S/C12H20O4/c1-14-11-9-6-3-4-7(8(13)5-6)10(9)12(15-2)16-11/h6-13H,3-5H2,1-2H3/t6-,7+,8-,9-,10?,11-,12+/m0/s1. The molecule has 0 amide bonds. The molecule has 0 aromatic carbocycles. The molecule has 1 unspecified atom stereocenters. The predicted molar refractivity (Wildman–Crippen MR) is 56.5 cm³/mol. The van der Waals surface area contributed by atoms with Crippen LogP contribution in [0.15, 0.2) is 0 Å². The number of hydrogen-bond donors (Lipinski definition) is 1. The van der Waals surface area contributed by atoms with Crippen LogP contribution in [0.4, 0.5) is 0 Å². The minimum atomic E-state index is -0.197. The van der Waals surface area contributed by atoms with Crippen LogP contribution in [-0.2, 0) is 14.2 Å². The van der Waals surface area contributed by atoms with Crippen molar-refractivity contribution in [3.8, 4) is 0 Å². The van der Waals surface area contributed by atoms with Crippen LogP contribution in [0, 0.1) is 23.7 Å². The summed E-state index contributed by atoms with van der Waals surface area (Å²) >= 11 is 0. The van der Waals surface area contributed by atoms with E-state index in [1.807, 2.05) is 0 Å². The molecule has 1 N–H and O–H groups in total. The van der Waals surface area contributed by atoms with Gasteiger partial charge in [0.2, 0.25) is 0 Å². The van der Waals surface area contributed by atoms with Gasteiger partial charge >= 0.3 is 0 Å². The molecule has 92 valence electrons. The number of hydrogen-bond acceptors (Lipinski definition) is 4. The Bertz CT molecular complexity index is 270. The lowest BCUT2D eigenvalue weighted by Gasteiger charge is -2.49. The third kappa shape index (κ3) is 1.37. The first-order chi connectivity index (χ1) is 7.76. The molecule has 4 aliphatic rings. The van der Waals surface area contributed by atoms with Crippen molar-refractivity contribution in [3.63, 3.8) is 0 Å². The van der Waals surface area contributed by atoms with Crippen molar-refractivity contribution in [2.45, 2.75) is 37.9 Å². The van der Waals surface area contributed by atoms with Gasteiger partial charge in [0.05, 0.1) is 6.10 Å². The van der Waals surface area contributed by atoms with Gasteiger partial charge in [-0.3, -0.25) is 0 Å². The van der Waals surface area contributed by atoms with Crippen LogP contribution in [0.1, 0.15) is 19.3 Å². The maximum Gasteiger partial charge on any atom is 0.163 e. The number of rotatable bonds is 2. The molecule has 16 heavy (non-hydrogen) atoms. The normalized spacial score (nSPS) is 55.3. The van der Waals surface area contributed by atoms with Gasteiger partial charge in [0.1, 0.15) is 0 Å². The minimum absolute atomic E-state index is 0.143. The van der Waals surface area contributed by atoms with Crippen LogP contribution in [0.3, 0.4) is 0 Å². The Balaban J connectivity index is 1.89. The third-order valence-corrected chi connectivity index (χ3v) is 4.75. The Kier molecular flexibility index (Phi) is 2.70. The lowest BCUT2D eigenvalue weighted by molar-refractivity contribution is -0.199. The number of methoxy groups -OCH3 is 2. The smallest absolute Gasteiger partial charge is 0.163 e. The van der Waals surface area contributed by atoms with Gasteiger partial charge in [-0.1, -0.05) is 0 Å². The van der Waals surface area contributed by atoms with Gasteiger partial charge in [-0.15, -0.1) is 0 Å². The van der Waals surface area contributed by atoms with Crippen LogP contribution in [0.2, 0.25) is 0 Å². The summed E-state index contributed by atoms with van der Waals surface area (Å²) in [5.41, 5.74) is 0. The van der Waals surface area contributed by atoms with Gasteiger partial charge in [-0.05, 0) is 31.1 Å². The van der Waals surface area contributed by atoms with Crippen molar-refractivity contribution >= 4 is 0 Å². The summed E-state index contributed by atoms with van der Waals surface area (Å²) in [6.45, 7) is 0. The third-order valence-electron chi connectivity index (χ3n) is 4.75. The van der Waals surface area contributed by atoms with Gasteiger partial charge in [0, 0.05) is 26.1 Å². The Morgan fingerprint density at radius 3 is 2.38 bits per heavy atom. The molecule has 2 bridgehead atoms. The Morgan fingerprint density at radius 2 is 1.75 bits per heavy atom. The summed E-state index contributed by atoms with van der Waals surface area (Å²) < 4.78 is 16.6. The van der Waals surface area contributed by atoms with Crippen LogP contribution in [0.5, 0.6) is 0 Å². The highest BCUT2D eigenvalue weighted by molar-refractivity contribution is 5.02. The SMILES string of the molecule is CO[C@@H]1O[C@H](OC)[C@@H]2C1[C@@H]1CC[C@H]2C[C@@H]1O. The monoisotopic (exact) mass is 228 g/mol. The fourth-order valence-electron chi connectivity index (χ4n) is 4.13. The summed E-state index contributed by atoms with van der Waals surface area (Å²) in [6, 6.07) is 0. The lowest BCUT2D eigenvalue weighted by Crippen LogP contribution is -2.50. The second-order valence-corrected chi connectivity index (χ2v) is 5.30. The Labute approximate surface area is 95.9 Å². The Morgan fingerprint density at radius 1 is 1.06 bits per heavy atom. The molecule has 0 radical (unpaired) electrons. The molecule has 3 aliphatic carbocycles. The molecule has 7 atom stereocenters. The van der Waals surface area contributed by atoms with E-state index in [1.165, 1.54) is 6.42 Å². The van der Waals surface area contributed by atoms with Crippen LogP contribution < -0.4 is 0 Å². The van der Waals surface area contributed by atoms with Gasteiger partial charge in [-0.2, -0.15) is 0 Å². The first-order valence-electron chi connectivity index (χ1n) is 6.15. The maximum absolute atomic E-state index is 10.1. The van der Waals surface area contributed by atoms with Crippen molar-refractivity contribution in [2.75, 3.05) is 14.2 Å². The predicted octanol–water partition coefficient (Wildman–Crippen LogP) is 0.985. The average Bonchev–Trinajstić information content (AvgIpc) is 2.69. The summed E-state index contributed by atoms with van der Waals surface area (Å²) in [4.78, 5) is 0. The zero-order valence-corrected chi connectivity index (χ0v) is 9.83. The van der Waals surface area contributed by atoms with E-state index in [4.69, 9.17) is 14.2 Å². The zero-order valence-electron chi connectivity index (χ0n) is 9.83. The van der Waals surface area contributed by atoms with E-state index in [-0.39, 0.29) is 18.7 Å². The highest BCUT2D eigenvalue weighted by atomic mass is 16.8. The maximum atomic E-state index is 10.1. The molecular formula is C12H20O4. The quantitative estimate of drug-likeness (QED) is 0.765. The largest absolute Gasteiger partial charge is 0.393 e. The molecule has 4 heteroatoms. The molecule has 0 aromatic heterocycles. The van der Waals surface area contributed by atoms with E-state index < -0.39 is 0 Å². The number of aliphatic hydroxyl groups excluding tert-OH is 1. The fraction of sp³-hybridized carbons (Fsp3) is 1.00. The summed E-state index contributed by atoms with van der Waals surface area (Å²) in [7, 11) is 3.37. The molecule has 1 aliphatic heterocycles. The first kappa shape index (κ1) is 11.0. The summed E-state index contributed by atoms with van der Waals surface area (Å²) in [5, 5.41) is 10.1. The van der Waals surface area contributed by atoms with E-state index in [0.717, 1.165) is 12.8 Å². The number of ether oxygens (including phenoxy) is 3. The topological polar surface area (TPSA) is 47.9 Å². The van der Waals surface area contributed by atoms with Crippen LogP contribution in [-0.4, -0.2) is 38.0 Å². The highest BCUT2D eigenvalue weighted by Crippen LogP contribution is 2.55. The zero-order chi connectivity index (χ0) is 11.3. The molecule has 1 saturated heterocycles. The summed E-state index contributed by atoms with van der Waals surface area (Å²) in [6.07, 6.45) is 2.70. The van der Waals surface area contributed by atoms with Crippen molar-refractivity contribution in [3.05, 3.63) is 0 Å². The lowest BCUT2D eigenvalue weighted by atomic mass is 9.58. The minimum Gasteiger partial charge on any atom is -0.393 e. The van der Waals surface area contributed by atoms with Gasteiger partial charge < -0.3 is 19.3 Å². The van der Waals surface area contributed by atoms with E-state index in [1.54, 1.807) is 14.2 Å². The second-order valence-electron chi connectivity index (χ2n) is 5.30. The Hall–Kier alpha value is -0.160.